The molecule has 1 heteroatoms. The first-order chi connectivity index (χ1) is 9.29. The number of phenols is 1. The zero-order valence-corrected chi connectivity index (χ0v) is 12.1. The third-order valence-electron chi connectivity index (χ3n) is 5.23. The molecular formula is C18H26O. The molecule has 0 aliphatic heterocycles. The van der Waals surface area contributed by atoms with E-state index < -0.39 is 0 Å². The van der Waals surface area contributed by atoms with Crippen LogP contribution < -0.4 is 0 Å². The van der Waals surface area contributed by atoms with E-state index in [1.165, 1.54) is 68.1 Å². The number of benzene rings is 1. The Kier molecular flexibility index (Phi) is 3.81. The van der Waals surface area contributed by atoms with Gasteiger partial charge in [0.2, 0.25) is 0 Å². The molecule has 1 nitrogen and oxygen atoms in total. The third-order valence-corrected chi connectivity index (χ3v) is 5.23. The molecule has 3 rings (SSSR count). The molecule has 0 aromatic heterocycles. The Morgan fingerprint density at radius 2 is 1.32 bits per heavy atom. The lowest BCUT2D eigenvalue weighted by molar-refractivity contribution is 0.447. The molecule has 0 radical (unpaired) electrons. The fourth-order valence-corrected chi connectivity index (χ4v) is 4.04. The van der Waals surface area contributed by atoms with E-state index in [-0.39, 0.29) is 0 Å². The molecule has 1 N–H and O–H groups in total. The lowest BCUT2D eigenvalue weighted by Crippen LogP contribution is -2.01. The topological polar surface area (TPSA) is 20.2 Å². The fraction of sp³-hybridized carbons (Fsp3) is 0.667. The number of aryl methyl sites for hydroxylation is 1. The Bertz CT molecular complexity index is 400. The second-order valence-electron chi connectivity index (χ2n) is 6.44. The Hall–Kier alpha value is -0.980. The molecule has 2 saturated carbocycles. The van der Waals surface area contributed by atoms with Crippen LogP contribution in [0.1, 0.15) is 86.8 Å². The van der Waals surface area contributed by atoms with Gasteiger partial charge in [-0.1, -0.05) is 44.7 Å². The highest BCUT2D eigenvalue weighted by Crippen LogP contribution is 2.45. The van der Waals surface area contributed by atoms with Gasteiger partial charge in [0.1, 0.15) is 5.75 Å². The lowest BCUT2D eigenvalue weighted by Gasteiger charge is -2.20. The third kappa shape index (κ3) is 2.52. The van der Waals surface area contributed by atoms with E-state index >= 15 is 0 Å². The van der Waals surface area contributed by atoms with Gasteiger partial charge in [0.05, 0.1) is 0 Å². The van der Waals surface area contributed by atoms with Crippen molar-refractivity contribution in [3.05, 3.63) is 28.8 Å². The molecule has 0 atom stereocenters. The van der Waals surface area contributed by atoms with Crippen LogP contribution in [0.4, 0.5) is 0 Å². The molecule has 19 heavy (non-hydrogen) atoms. The Morgan fingerprint density at radius 3 is 1.68 bits per heavy atom. The van der Waals surface area contributed by atoms with Gasteiger partial charge in [-0.2, -0.15) is 0 Å². The van der Waals surface area contributed by atoms with E-state index in [0.717, 1.165) is 6.42 Å². The molecule has 0 unspecified atom stereocenters. The minimum absolute atomic E-state index is 0.617. The zero-order valence-electron chi connectivity index (χ0n) is 12.1. The van der Waals surface area contributed by atoms with Gasteiger partial charge in [-0.05, 0) is 60.6 Å². The van der Waals surface area contributed by atoms with Crippen LogP contribution in [0.3, 0.4) is 0 Å². The Balaban J connectivity index is 2.00. The maximum Gasteiger partial charge on any atom is 0.122 e. The molecule has 0 spiro atoms. The molecular weight excluding hydrogens is 232 g/mol. The first-order valence-electron chi connectivity index (χ1n) is 8.15. The van der Waals surface area contributed by atoms with Crippen molar-refractivity contribution in [2.45, 2.75) is 76.5 Å². The summed E-state index contributed by atoms with van der Waals surface area (Å²) in [5.74, 6) is 1.88. The van der Waals surface area contributed by atoms with Crippen molar-refractivity contribution in [1.82, 2.24) is 0 Å². The van der Waals surface area contributed by atoms with Gasteiger partial charge in [-0.15, -0.1) is 0 Å². The van der Waals surface area contributed by atoms with Crippen molar-refractivity contribution in [2.75, 3.05) is 0 Å². The molecule has 104 valence electrons. The highest BCUT2D eigenvalue weighted by Gasteiger charge is 2.26. The standard InChI is InChI=1S/C18H26O/c1-2-13-11-16(14-7-3-4-8-14)18(19)17(12-13)15-9-5-6-10-15/h11-12,14-15,19H,2-10H2,1H3. The first kappa shape index (κ1) is 13.0. The molecule has 2 fully saturated rings. The quantitative estimate of drug-likeness (QED) is 0.783. The number of hydrogen-bond donors (Lipinski definition) is 1. The van der Waals surface area contributed by atoms with Gasteiger partial charge in [-0.25, -0.2) is 0 Å². The maximum absolute atomic E-state index is 10.7. The summed E-state index contributed by atoms with van der Waals surface area (Å²) >= 11 is 0. The van der Waals surface area contributed by atoms with E-state index in [1.807, 2.05) is 0 Å². The maximum atomic E-state index is 10.7. The van der Waals surface area contributed by atoms with Crippen LogP contribution in [-0.4, -0.2) is 5.11 Å². The van der Waals surface area contributed by atoms with E-state index in [4.69, 9.17) is 0 Å². The van der Waals surface area contributed by atoms with Crippen LogP contribution in [0.5, 0.6) is 5.75 Å². The van der Waals surface area contributed by atoms with Crippen LogP contribution in [0.2, 0.25) is 0 Å². The van der Waals surface area contributed by atoms with Crippen molar-refractivity contribution < 1.29 is 5.11 Å². The van der Waals surface area contributed by atoms with Gasteiger partial charge in [0.15, 0.2) is 0 Å². The molecule has 0 heterocycles. The minimum Gasteiger partial charge on any atom is -0.507 e. The first-order valence-corrected chi connectivity index (χ1v) is 8.15. The molecule has 0 saturated heterocycles. The van der Waals surface area contributed by atoms with Crippen LogP contribution in [0, 0.1) is 0 Å². The number of rotatable bonds is 3. The highest BCUT2D eigenvalue weighted by molar-refractivity contribution is 5.48. The van der Waals surface area contributed by atoms with Gasteiger partial charge in [-0.3, -0.25) is 0 Å². The second-order valence-corrected chi connectivity index (χ2v) is 6.44. The number of hydrogen-bond acceptors (Lipinski definition) is 1. The Labute approximate surface area is 117 Å². The summed E-state index contributed by atoms with van der Waals surface area (Å²) < 4.78 is 0. The summed E-state index contributed by atoms with van der Waals surface area (Å²) in [7, 11) is 0. The second kappa shape index (κ2) is 5.56. The Morgan fingerprint density at radius 1 is 0.895 bits per heavy atom. The average molecular weight is 258 g/mol. The molecule has 1 aromatic carbocycles. The number of phenolic OH excluding ortho intramolecular Hbond substituents is 1. The summed E-state index contributed by atoms with van der Waals surface area (Å²) in [6, 6.07) is 4.56. The van der Waals surface area contributed by atoms with Crippen molar-refractivity contribution in [1.29, 1.82) is 0 Å². The lowest BCUT2D eigenvalue weighted by atomic mass is 9.87. The molecule has 1 aromatic rings. The largest absolute Gasteiger partial charge is 0.507 e. The highest BCUT2D eigenvalue weighted by atomic mass is 16.3. The van der Waals surface area contributed by atoms with Gasteiger partial charge >= 0.3 is 0 Å². The van der Waals surface area contributed by atoms with Crippen LogP contribution >= 0.6 is 0 Å². The summed E-state index contributed by atoms with van der Waals surface area (Å²) in [5.41, 5.74) is 3.94. The SMILES string of the molecule is CCc1cc(C2CCCC2)c(O)c(C2CCCC2)c1. The average Bonchev–Trinajstić information content (AvgIpc) is 3.12. The van der Waals surface area contributed by atoms with Crippen molar-refractivity contribution in [2.24, 2.45) is 0 Å². The van der Waals surface area contributed by atoms with Gasteiger partial charge in [0.25, 0.3) is 0 Å². The normalized spacial score (nSPS) is 21.3. The summed E-state index contributed by atoms with van der Waals surface area (Å²) in [6.07, 6.45) is 11.5. The van der Waals surface area contributed by atoms with Crippen LogP contribution in [0.25, 0.3) is 0 Å². The molecule has 0 amide bonds. The predicted octanol–water partition coefficient (Wildman–Crippen LogP) is 5.27. The monoisotopic (exact) mass is 258 g/mol. The minimum atomic E-state index is 0.617. The molecule has 2 aliphatic carbocycles. The van der Waals surface area contributed by atoms with Crippen molar-refractivity contribution in [3.8, 4) is 5.75 Å². The zero-order chi connectivity index (χ0) is 13.2. The molecule has 0 bridgehead atoms. The summed E-state index contributed by atoms with van der Waals surface area (Å²) in [4.78, 5) is 0. The van der Waals surface area contributed by atoms with Gasteiger partial charge < -0.3 is 5.11 Å². The fourth-order valence-electron chi connectivity index (χ4n) is 4.04. The summed E-state index contributed by atoms with van der Waals surface area (Å²) in [6.45, 7) is 2.23. The van der Waals surface area contributed by atoms with Crippen molar-refractivity contribution in [3.63, 3.8) is 0 Å². The van der Waals surface area contributed by atoms with E-state index in [1.54, 1.807) is 0 Å². The van der Waals surface area contributed by atoms with E-state index in [0.29, 0.717) is 17.6 Å². The van der Waals surface area contributed by atoms with Gasteiger partial charge in [0, 0.05) is 0 Å². The van der Waals surface area contributed by atoms with E-state index in [2.05, 4.69) is 19.1 Å². The van der Waals surface area contributed by atoms with Crippen LogP contribution in [0.15, 0.2) is 12.1 Å². The van der Waals surface area contributed by atoms with Crippen LogP contribution in [-0.2, 0) is 6.42 Å². The van der Waals surface area contributed by atoms with E-state index in [9.17, 15) is 5.11 Å². The van der Waals surface area contributed by atoms with Crippen molar-refractivity contribution >= 4 is 0 Å². The summed E-state index contributed by atoms with van der Waals surface area (Å²) in [5, 5.41) is 10.7. The number of aromatic hydroxyl groups is 1. The molecule has 2 aliphatic rings. The predicted molar refractivity (Wildman–Crippen MR) is 79.9 cm³/mol. The smallest absolute Gasteiger partial charge is 0.122 e.